The monoisotopic (exact) mass is 392 g/mol. The van der Waals surface area contributed by atoms with Crippen molar-refractivity contribution in [2.45, 2.75) is 13.5 Å². The van der Waals surface area contributed by atoms with Gasteiger partial charge in [-0.15, -0.1) is 0 Å². The first-order valence-corrected chi connectivity index (χ1v) is 10.1. The summed E-state index contributed by atoms with van der Waals surface area (Å²) in [6.07, 6.45) is 1.07. The van der Waals surface area contributed by atoms with E-state index in [9.17, 15) is 13.2 Å². The molecule has 8 heteroatoms. The van der Waals surface area contributed by atoms with Gasteiger partial charge in [0.25, 0.3) is 5.91 Å². The molecule has 0 aliphatic carbocycles. The van der Waals surface area contributed by atoms with Gasteiger partial charge >= 0.3 is 0 Å². The number of amides is 1. The quantitative estimate of drug-likeness (QED) is 0.782. The standard InChI is InChI=1S/C19H24N2O5S/c1-13-6-8-14(9-7-13)12-20-19(22)15-10-17(25-3)18(26-4)11-16(15)21(2)27(5,23)24/h6-11H,12H2,1-5H3,(H,20,22). The lowest BCUT2D eigenvalue weighted by Crippen LogP contribution is -2.30. The molecule has 0 aromatic heterocycles. The lowest BCUT2D eigenvalue weighted by molar-refractivity contribution is 0.0951. The van der Waals surface area contributed by atoms with Crippen LogP contribution in [0.25, 0.3) is 0 Å². The molecule has 2 aromatic rings. The van der Waals surface area contributed by atoms with E-state index in [2.05, 4.69) is 5.32 Å². The number of rotatable bonds is 7. The summed E-state index contributed by atoms with van der Waals surface area (Å²) < 4.78 is 35.5. The summed E-state index contributed by atoms with van der Waals surface area (Å²) in [5, 5.41) is 2.81. The maximum Gasteiger partial charge on any atom is 0.253 e. The zero-order chi connectivity index (χ0) is 20.2. The number of nitrogens with zero attached hydrogens (tertiary/aromatic N) is 1. The van der Waals surface area contributed by atoms with Gasteiger partial charge in [-0.1, -0.05) is 29.8 Å². The molecule has 0 spiro atoms. The fraction of sp³-hybridized carbons (Fsp3) is 0.316. The molecule has 0 heterocycles. The van der Waals surface area contributed by atoms with Crippen molar-refractivity contribution in [2.75, 3.05) is 31.8 Å². The third kappa shape index (κ3) is 4.91. The molecule has 1 N–H and O–H groups in total. The maximum absolute atomic E-state index is 12.8. The van der Waals surface area contributed by atoms with Gasteiger partial charge in [0, 0.05) is 19.7 Å². The van der Waals surface area contributed by atoms with E-state index in [4.69, 9.17) is 9.47 Å². The van der Waals surface area contributed by atoms with Crippen LogP contribution in [-0.4, -0.2) is 41.8 Å². The van der Waals surface area contributed by atoms with E-state index in [1.807, 2.05) is 31.2 Å². The SMILES string of the molecule is COc1cc(C(=O)NCc2ccc(C)cc2)c(N(C)S(C)(=O)=O)cc1OC. The number of sulfonamides is 1. The first-order chi connectivity index (χ1) is 12.7. The molecule has 1 amide bonds. The van der Waals surface area contributed by atoms with E-state index in [1.165, 1.54) is 33.4 Å². The summed E-state index contributed by atoms with van der Waals surface area (Å²) in [6.45, 7) is 2.30. The van der Waals surface area contributed by atoms with Crippen LogP contribution in [0.15, 0.2) is 36.4 Å². The van der Waals surface area contributed by atoms with E-state index in [0.717, 1.165) is 21.7 Å². The number of hydrogen-bond donors (Lipinski definition) is 1. The van der Waals surface area contributed by atoms with Gasteiger partial charge < -0.3 is 14.8 Å². The number of carbonyl (C=O) groups excluding carboxylic acids is 1. The summed E-state index contributed by atoms with van der Waals surface area (Å²) in [4.78, 5) is 12.8. The Morgan fingerprint density at radius 1 is 1.07 bits per heavy atom. The normalized spacial score (nSPS) is 11.0. The molecule has 0 saturated carbocycles. The second kappa shape index (κ2) is 8.30. The Hall–Kier alpha value is -2.74. The molecule has 0 unspecified atom stereocenters. The maximum atomic E-state index is 12.8. The van der Waals surface area contributed by atoms with Crippen molar-refractivity contribution >= 4 is 21.6 Å². The molecule has 2 rings (SSSR count). The Balaban J connectivity index is 2.39. The third-order valence-corrected chi connectivity index (χ3v) is 5.35. The number of carbonyl (C=O) groups is 1. The molecule has 7 nitrogen and oxygen atoms in total. The summed E-state index contributed by atoms with van der Waals surface area (Å²) >= 11 is 0. The lowest BCUT2D eigenvalue weighted by atomic mass is 10.1. The fourth-order valence-electron chi connectivity index (χ4n) is 2.47. The van der Waals surface area contributed by atoms with Crippen molar-refractivity contribution in [2.24, 2.45) is 0 Å². The predicted molar refractivity (Wildman–Crippen MR) is 105 cm³/mol. The van der Waals surface area contributed by atoms with Crippen LogP contribution in [0.4, 0.5) is 5.69 Å². The van der Waals surface area contributed by atoms with Crippen molar-refractivity contribution in [3.8, 4) is 11.5 Å². The first-order valence-electron chi connectivity index (χ1n) is 8.21. The molecule has 0 aliphatic heterocycles. The van der Waals surface area contributed by atoms with Crippen LogP contribution in [0.2, 0.25) is 0 Å². The lowest BCUT2D eigenvalue weighted by Gasteiger charge is -2.22. The van der Waals surface area contributed by atoms with Crippen LogP contribution in [-0.2, 0) is 16.6 Å². The van der Waals surface area contributed by atoms with Gasteiger partial charge in [0.05, 0.1) is 31.7 Å². The predicted octanol–water partition coefficient (Wildman–Crippen LogP) is 2.34. The minimum absolute atomic E-state index is 0.174. The molecule has 0 saturated heterocycles. The van der Waals surface area contributed by atoms with Gasteiger partial charge in [-0.2, -0.15) is 0 Å². The summed E-state index contributed by atoms with van der Waals surface area (Å²) in [5.74, 6) is 0.253. The molecular weight excluding hydrogens is 368 g/mol. The van der Waals surface area contributed by atoms with Crippen molar-refractivity contribution in [3.63, 3.8) is 0 Å². The van der Waals surface area contributed by atoms with Crippen LogP contribution >= 0.6 is 0 Å². The topological polar surface area (TPSA) is 84.9 Å². The van der Waals surface area contributed by atoms with Crippen molar-refractivity contribution in [1.82, 2.24) is 5.32 Å². The van der Waals surface area contributed by atoms with E-state index in [0.29, 0.717) is 18.0 Å². The molecule has 146 valence electrons. The molecule has 0 fully saturated rings. The number of aryl methyl sites for hydroxylation is 1. The minimum atomic E-state index is -3.57. The van der Waals surface area contributed by atoms with Crippen LogP contribution in [0.1, 0.15) is 21.5 Å². The molecule has 2 aromatic carbocycles. The summed E-state index contributed by atoms with van der Waals surface area (Å²) in [5.41, 5.74) is 2.44. The van der Waals surface area contributed by atoms with Crippen molar-refractivity contribution < 1.29 is 22.7 Å². The largest absolute Gasteiger partial charge is 0.493 e. The van der Waals surface area contributed by atoms with Gasteiger partial charge in [-0.05, 0) is 18.6 Å². The van der Waals surface area contributed by atoms with Crippen LogP contribution < -0.4 is 19.1 Å². The van der Waals surface area contributed by atoms with Gasteiger partial charge in [0.1, 0.15) is 0 Å². The number of benzene rings is 2. The van der Waals surface area contributed by atoms with Crippen LogP contribution in [0.3, 0.4) is 0 Å². The highest BCUT2D eigenvalue weighted by Crippen LogP contribution is 2.35. The smallest absolute Gasteiger partial charge is 0.253 e. The third-order valence-electron chi connectivity index (χ3n) is 4.16. The van der Waals surface area contributed by atoms with E-state index in [-0.39, 0.29) is 11.3 Å². The number of hydrogen-bond acceptors (Lipinski definition) is 5. The van der Waals surface area contributed by atoms with Gasteiger partial charge in [0.15, 0.2) is 11.5 Å². The Labute approximate surface area is 160 Å². The average Bonchev–Trinajstić information content (AvgIpc) is 2.64. The Morgan fingerprint density at radius 2 is 1.63 bits per heavy atom. The summed E-state index contributed by atoms with van der Waals surface area (Å²) in [7, 11) is 0.705. The fourth-order valence-corrected chi connectivity index (χ4v) is 2.98. The van der Waals surface area contributed by atoms with E-state index in [1.54, 1.807) is 0 Å². The first kappa shape index (κ1) is 20.6. The zero-order valence-electron chi connectivity index (χ0n) is 16.1. The number of anilines is 1. The minimum Gasteiger partial charge on any atom is -0.493 e. The molecule has 27 heavy (non-hydrogen) atoms. The molecule has 0 aliphatic rings. The average molecular weight is 392 g/mol. The number of nitrogens with one attached hydrogen (secondary N) is 1. The van der Waals surface area contributed by atoms with Crippen LogP contribution in [0.5, 0.6) is 11.5 Å². The molecule has 0 bridgehead atoms. The highest BCUT2D eigenvalue weighted by Gasteiger charge is 2.23. The van der Waals surface area contributed by atoms with Crippen LogP contribution in [0, 0.1) is 6.92 Å². The highest BCUT2D eigenvalue weighted by atomic mass is 32.2. The molecule has 0 atom stereocenters. The number of methoxy groups -OCH3 is 2. The molecular formula is C19H24N2O5S. The van der Waals surface area contributed by atoms with E-state index >= 15 is 0 Å². The van der Waals surface area contributed by atoms with Gasteiger partial charge in [-0.25, -0.2) is 8.42 Å². The van der Waals surface area contributed by atoms with E-state index < -0.39 is 15.9 Å². The van der Waals surface area contributed by atoms with Crippen molar-refractivity contribution in [3.05, 3.63) is 53.1 Å². The molecule has 0 radical (unpaired) electrons. The highest BCUT2D eigenvalue weighted by molar-refractivity contribution is 7.92. The summed E-state index contributed by atoms with van der Waals surface area (Å²) in [6, 6.07) is 10.7. The van der Waals surface area contributed by atoms with Crippen molar-refractivity contribution in [1.29, 1.82) is 0 Å². The zero-order valence-corrected chi connectivity index (χ0v) is 16.9. The Kier molecular flexibility index (Phi) is 6.32. The Bertz CT molecular complexity index is 924. The second-order valence-electron chi connectivity index (χ2n) is 6.12. The van der Waals surface area contributed by atoms with Gasteiger partial charge in [-0.3, -0.25) is 9.10 Å². The second-order valence-corrected chi connectivity index (χ2v) is 8.14. The Morgan fingerprint density at radius 3 is 2.15 bits per heavy atom. The number of ether oxygens (including phenoxy) is 2. The van der Waals surface area contributed by atoms with Gasteiger partial charge in [0.2, 0.25) is 10.0 Å².